The second kappa shape index (κ2) is 8.43. The number of hydrogen-bond acceptors (Lipinski definition) is 6. The van der Waals surface area contributed by atoms with Gasteiger partial charge in [-0.15, -0.1) is 10.2 Å². The molecule has 7 nitrogen and oxygen atoms in total. The minimum atomic E-state index is -3.78. The number of halogens is 1. The molecule has 0 saturated heterocycles. The Morgan fingerprint density at radius 3 is 2.70 bits per heavy atom. The van der Waals surface area contributed by atoms with Gasteiger partial charge >= 0.3 is 0 Å². The third-order valence-electron chi connectivity index (χ3n) is 4.91. The lowest BCUT2D eigenvalue weighted by Gasteiger charge is -2.28. The van der Waals surface area contributed by atoms with Crippen molar-refractivity contribution in [1.82, 2.24) is 14.5 Å². The molecule has 2 heterocycles. The Morgan fingerprint density at radius 1 is 1.20 bits per heavy atom. The zero-order chi connectivity index (χ0) is 21.3. The van der Waals surface area contributed by atoms with Crippen LogP contribution in [0.1, 0.15) is 33.4 Å². The zero-order valence-corrected chi connectivity index (χ0v) is 18.5. The molecule has 1 aromatic heterocycles. The largest absolute Gasteiger partial charge is 0.296 e. The Morgan fingerprint density at radius 2 is 1.97 bits per heavy atom. The van der Waals surface area contributed by atoms with E-state index in [1.54, 1.807) is 0 Å². The fourth-order valence-corrected chi connectivity index (χ4v) is 5.60. The molecule has 10 heteroatoms. The van der Waals surface area contributed by atoms with Crippen molar-refractivity contribution in [3.8, 4) is 0 Å². The number of aromatic nitrogens is 2. The highest BCUT2D eigenvalue weighted by Crippen LogP contribution is 2.28. The van der Waals surface area contributed by atoms with Crippen molar-refractivity contribution >= 4 is 44.0 Å². The molecule has 3 aromatic rings. The van der Waals surface area contributed by atoms with Crippen LogP contribution in [0.2, 0.25) is 5.02 Å². The van der Waals surface area contributed by atoms with Crippen LogP contribution in [0.5, 0.6) is 0 Å². The number of sulfonamides is 1. The number of hydrogen-bond donors (Lipinski definition) is 1. The highest BCUT2D eigenvalue weighted by molar-refractivity contribution is 7.89. The maximum absolute atomic E-state index is 13.2. The summed E-state index contributed by atoms with van der Waals surface area (Å²) < 4.78 is 27.9. The molecule has 30 heavy (non-hydrogen) atoms. The molecule has 0 atom stereocenters. The standard InChI is InChI=1S/C20H19ClN4O3S2/c1-2-18-23-24-20(29-18)22-19(26)16-11-15(7-8-17(16)21)30(27,28)25-10-9-13-5-3-4-6-14(13)12-25/h3-8,11H,2,9-10,12H2,1H3,(H,22,24,26). The fourth-order valence-electron chi connectivity index (χ4n) is 3.27. The summed E-state index contributed by atoms with van der Waals surface area (Å²) in [6.07, 6.45) is 1.36. The van der Waals surface area contributed by atoms with Crippen LogP contribution in [-0.2, 0) is 29.4 Å². The van der Waals surface area contributed by atoms with Crippen LogP contribution in [0.4, 0.5) is 5.13 Å². The van der Waals surface area contributed by atoms with Crippen molar-refractivity contribution in [2.24, 2.45) is 0 Å². The number of benzene rings is 2. The van der Waals surface area contributed by atoms with Gasteiger partial charge in [0.1, 0.15) is 5.01 Å². The van der Waals surface area contributed by atoms with Crippen molar-refractivity contribution in [2.75, 3.05) is 11.9 Å². The maximum Gasteiger partial charge on any atom is 0.259 e. The highest BCUT2D eigenvalue weighted by atomic mass is 35.5. The summed E-state index contributed by atoms with van der Waals surface area (Å²) in [5.41, 5.74) is 2.22. The molecular formula is C20H19ClN4O3S2. The number of nitrogens with one attached hydrogen (secondary N) is 1. The Balaban J connectivity index is 1.60. The summed E-state index contributed by atoms with van der Waals surface area (Å²) in [6, 6.07) is 12.0. The van der Waals surface area contributed by atoms with Gasteiger partial charge in [-0.2, -0.15) is 4.31 Å². The van der Waals surface area contributed by atoms with E-state index in [0.29, 0.717) is 31.1 Å². The van der Waals surface area contributed by atoms with Crippen LogP contribution in [-0.4, -0.2) is 35.4 Å². The molecule has 1 amide bonds. The van der Waals surface area contributed by atoms with Gasteiger partial charge in [0.15, 0.2) is 0 Å². The number of amides is 1. The van der Waals surface area contributed by atoms with Crippen LogP contribution in [0.25, 0.3) is 0 Å². The van der Waals surface area contributed by atoms with E-state index in [1.165, 1.54) is 33.8 Å². The van der Waals surface area contributed by atoms with Gasteiger partial charge < -0.3 is 0 Å². The van der Waals surface area contributed by atoms with Crippen molar-refractivity contribution in [2.45, 2.75) is 31.2 Å². The lowest BCUT2D eigenvalue weighted by Crippen LogP contribution is -2.36. The molecule has 0 spiro atoms. The first-order valence-corrected chi connectivity index (χ1v) is 12.0. The van der Waals surface area contributed by atoms with E-state index in [2.05, 4.69) is 15.5 Å². The fraction of sp³-hybridized carbons (Fsp3) is 0.250. The normalized spacial score (nSPS) is 14.3. The molecule has 4 rings (SSSR count). The second-order valence-corrected chi connectivity index (χ2v) is 10.2. The molecule has 0 bridgehead atoms. The summed E-state index contributed by atoms with van der Waals surface area (Å²) in [7, 11) is -3.78. The van der Waals surface area contributed by atoms with E-state index in [1.807, 2.05) is 31.2 Å². The molecule has 1 aliphatic rings. The molecule has 0 saturated carbocycles. The number of fused-ring (bicyclic) bond motifs is 1. The Kier molecular flexibility index (Phi) is 5.88. The smallest absolute Gasteiger partial charge is 0.259 e. The maximum atomic E-state index is 13.2. The van der Waals surface area contributed by atoms with Gasteiger partial charge in [0.25, 0.3) is 5.91 Å². The van der Waals surface area contributed by atoms with Crippen molar-refractivity contribution < 1.29 is 13.2 Å². The van der Waals surface area contributed by atoms with E-state index >= 15 is 0 Å². The summed E-state index contributed by atoms with van der Waals surface area (Å²) in [5.74, 6) is -0.528. The van der Waals surface area contributed by atoms with Gasteiger partial charge in [0.2, 0.25) is 15.2 Å². The first-order valence-electron chi connectivity index (χ1n) is 9.38. The number of carbonyl (C=O) groups excluding carboxylic acids is 1. The quantitative estimate of drug-likeness (QED) is 0.623. The molecule has 1 aliphatic heterocycles. The van der Waals surface area contributed by atoms with E-state index < -0.39 is 15.9 Å². The molecule has 0 aliphatic carbocycles. The average Bonchev–Trinajstić information content (AvgIpc) is 3.21. The van der Waals surface area contributed by atoms with Gasteiger partial charge in [-0.1, -0.05) is 54.1 Å². The van der Waals surface area contributed by atoms with Crippen LogP contribution < -0.4 is 5.32 Å². The lowest BCUT2D eigenvalue weighted by atomic mass is 10.0. The van der Waals surface area contributed by atoms with Crippen LogP contribution >= 0.6 is 22.9 Å². The molecule has 0 fully saturated rings. The summed E-state index contributed by atoms with van der Waals surface area (Å²) in [4.78, 5) is 12.7. The number of nitrogens with zero attached hydrogens (tertiary/aromatic N) is 3. The number of rotatable bonds is 5. The minimum absolute atomic E-state index is 0.0305. The molecule has 0 radical (unpaired) electrons. The second-order valence-electron chi connectivity index (χ2n) is 6.81. The van der Waals surface area contributed by atoms with E-state index in [9.17, 15) is 13.2 Å². The molecule has 156 valence electrons. The number of carbonyl (C=O) groups is 1. The third kappa shape index (κ3) is 4.11. The van der Waals surface area contributed by atoms with Gasteiger partial charge in [-0.05, 0) is 42.2 Å². The Labute approximate surface area is 183 Å². The van der Waals surface area contributed by atoms with Crippen molar-refractivity contribution in [3.05, 3.63) is 69.2 Å². The molecule has 0 unspecified atom stereocenters. The predicted octanol–water partition coefficient (Wildman–Crippen LogP) is 3.75. The lowest BCUT2D eigenvalue weighted by molar-refractivity contribution is 0.102. The molecule has 2 aromatic carbocycles. The van der Waals surface area contributed by atoms with Gasteiger partial charge in [-0.25, -0.2) is 8.42 Å². The summed E-state index contributed by atoms with van der Waals surface area (Å²) in [5, 5.41) is 11.8. The Bertz CT molecular complexity index is 1210. The first-order chi connectivity index (χ1) is 14.4. The van der Waals surface area contributed by atoms with Crippen molar-refractivity contribution in [3.63, 3.8) is 0 Å². The highest BCUT2D eigenvalue weighted by Gasteiger charge is 2.29. The third-order valence-corrected chi connectivity index (χ3v) is 8.06. The van der Waals surface area contributed by atoms with Gasteiger partial charge in [-0.3, -0.25) is 10.1 Å². The minimum Gasteiger partial charge on any atom is -0.296 e. The number of anilines is 1. The van der Waals surface area contributed by atoms with Gasteiger partial charge in [0.05, 0.1) is 15.5 Å². The van der Waals surface area contributed by atoms with E-state index in [4.69, 9.17) is 11.6 Å². The monoisotopic (exact) mass is 462 g/mol. The van der Waals surface area contributed by atoms with Gasteiger partial charge in [0, 0.05) is 13.1 Å². The average molecular weight is 463 g/mol. The van der Waals surface area contributed by atoms with Crippen LogP contribution in [0.15, 0.2) is 47.4 Å². The zero-order valence-electron chi connectivity index (χ0n) is 16.1. The molecule has 1 N–H and O–H groups in total. The Hall–Kier alpha value is -2.33. The van der Waals surface area contributed by atoms with Crippen molar-refractivity contribution in [1.29, 1.82) is 0 Å². The molecular weight excluding hydrogens is 444 g/mol. The SMILES string of the molecule is CCc1nnc(NC(=O)c2cc(S(=O)(=O)N3CCc4ccccc4C3)ccc2Cl)s1. The topological polar surface area (TPSA) is 92.3 Å². The van der Waals surface area contributed by atoms with E-state index in [0.717, 1.165) is 16.1 Å². The van der Waals surface area contributed by atoms with Crippen LogP contribution in [0, 0.1) is 0 Å². The summed E-state index contributed by atoms with van der Waals surface area (Å²) in [6.45, 7) is 2.62. The summed E-state index contributed by atoms with van der Waals surface area (Å²) >= 11 is 7.45. The van der Waals surface area contributed by atoms with Crippen LogP contribution in [0.3, 0.4) is 0 Å². The number of aryl methyl sites for hydroxylation is 1. The first kappa shape index (κ1) is 20.9. The van der Waals surface area contributed by atoms with E-state index in [-0.39, 0.29) is 15.5 Å². The predicted molar refractivity (Wildman–Crippen MR) is 116 cm³/mol.